The topological polar surface area (TPSA) is 65.6 Å². The van der Waals surface area contributed by atoms with Crippen molar-refractivity contribution >= 4 is 34.9 Å². The standard InChI is InChI=1S/C17H28N6OS/c1-17(2,3)21-16(25)20-15-18-13(22-6-4-5-7-22)12-14(19-15)23-8-10-24-11-9-23/h12H,4-11H2,1-3H3,(H2,18,19,20,21,25). The van der Waals surface area contributed by atoms with E-state index in [1.54, 1.807) is 0 Å². The van der Waals surface area contributed by atoms with Crippen LogP contribution in [-0.4, -0.2) is 60.0 Å². The number of anilines is 3. The van der Waals surface area contributed by atoms with Gasteiger partial charge in [0.25, 0.3) is 0 Å². The predicted octanol–water partition coefficient (Wildman–Crippen LogP) is 2.00. The molecule has 25 heavy (non-hydrogen) atoms. The summed E-state index contributed by atoms with van der Waals surface area (Å²) in [6.45, 7) is 11.5. The van der Waals surface area contributed by atoms with E-state index in [0.29, 0.717) is 11.1 Å². The van der Waals surface area contributed by atoms with E-state index in [-0.39, 0.29) is 5.54 Å². The fourth-order valence-corrected chi connectivity index (χ4v) is 3.41. The van der Waals surface area contributed by atoms with E-state index >= 15 is 0 Å². The van der Waals surface area contributed by atoms with Gasteiger partial charge in [0.05, 0.1) is 13.2 Å². The molecular weight excluding hydrogens is 336 g/mol. The lowest BCUT2D eigenvalue weighted by Gasteiger charge is -2.29. The molecule has 8 heteroatoms. The molecule has 2 aliphatic rings. The Hall–Kier alpha value is -1.67. The fourth-order valence-electron chi connectivity index (χ4n) is 3.01. The van der Waals surface area contributed by atoms with Gasteiger partial charge < -0.3 is 25.2 Å². The van der Waals surface area contributed by atoms with Crippen molar-refractivity contribution in [3.8, 4) is 0 Å². The zero-order valence-corrected chi connectivity index (χ0v) is 16.2. The maximum atomic E-state index is 5.46. The lowest BCUT2D eigenvalue weighted by molar-refractivity contribution is 0.122. The van der Waals surface area contributed by atoms with Gasteiger partial charge in [-0.25, -0.2) is 0 Å². The summed E-state index contributed by atoms with van der Waals surface area (Å²) in [6, 6.07) is 2.09. The van der Waals surface area contributed by atoms with Crippen molar-refractivity contribution < 1.29 is 4.74 Å². The van der Waals surface area contributed by atoms with Gasteiger partial charge in [-0.2, -0.15) is 9.97 Å². The molecule has 0 amide bonds. The monoisotopic (exact) mass is 364 g/mol. The Kier molecular flexibility index (Phi) is 5.58. The molecular formula is C17H28N6OS. The summed E-state index contributed by atoms with van der Waals surface area (Å²) >= 11 is 5.41. The van der Waals surface area contributed by atoms with Gasteiger partial charge in [0, 0.05) is 37.8 Å². The number of morpholine rings is 1. The minimum absolute atomic E-state index is 0.107. The van der Waals surface area contributed by atoms with Crippen LogP contribution in [0, 0.1) is 0 Å². The van der Waals surface area contributed by atoms with Gasteiger partial charge in [-0.1, -0.05) is 0 Å². The molecule has 0 spiro atoms. The fraction of sp³-hybridized carbons (Fsp3) is 0.706. The number of thiocarbonyl (C=S) groups is 1. The normalized spacial score (nSPS) is 18.4. The molecule has 3 rings (SSSR count). The van der Waals surface area contributed by atoms with E-state index in [0.717, 1.165) is 51.0 Å². The summed E-state index contributed by atoms with van der Waals surface area (Å²) in [6.07, 6.45) is 2.42. The van der Waals surface area contributed by atoms with Gasteiger partial charge >= 0.3 is 0 Å². The molecule has 0 unspecified atom stereocenters. The quantitative estimate of drug-likeness (QED) is 0.790. The molecule has 2 fully saturated rings. The van der Waals surface area contributed by atoms with Crippen molar-refractivity contribution in [2.45, 2.75) is 39.2 Å². The number of hydrogen-bond acceptors (Lipinski definition) is 6. The zero-order valence-electron chi connectivity index (χ0n) is 15.3. The van der Waals surface area contributed by atoms with E-state index in [1.807, 2.05) is 0 Å². The Bertz CT molecular complexity index is 606. The third-order valence-electron chi connectivity index (χ3n) is 4.18. The van der Waals surface area contributed by atoms with Gasteiger partial charge in [-0.15, -0.1) is 0 Å². The van der Waals surface area contributed by atoms with E-state index in [4.69, 9.17) is 26.9 Å². The molecule has 2 saturated heterocycles. The minimum atomic E-state index is -0.107. The van der Waals surface area contributed by atoms with Crippen molar-refractivity contribution in [3.63, 3.8) is 0 Å². The van der Waals surface area contributed by atoms with Crippen LogP contribution in [0.5, 0.6) is 0 Å². The SMILES string of the molecule is CC(C)(C)NC(=S)Nc1nc(N2CCCC2)cc(N2CCOCC2)n1. The highest BCUT2D eigenvalue weighted by Gasteiger charge is 2.20. The van der Waals surface area contributed by atoms with Crippen LogP contribution in [-0.2, 0) is 4.74 Å². The van der Waals surface area contributed by atoms with Crippen molar-refractivity contribution in [2.24, 2.45) is 0 Å². The average molecular weight is 365 g/mol. The van der Waals surface area contributed by atoms with Crippen LogP contribution in [0.1, 0.15) is 33.6 Å². The van der Waals surface area contributed by atoms with Gasteiger partial charge in [0.1, 0.15) is 11.6 Å². The molecule has 0 bridgehead atoms. The second-order valence-electron chi connectivity index (χ2n) is 7.53. The number of rotatable bonds is 3. The number of hydrogen-bond donors (Lipinski definition) is 2. The molecule has 0 aromatic carbocycles. The van der Waals surface area contributed by atoms with E-state index in [2.05, 4.69) is 47.3 Å². The number of aromatic nitrogens is 2. The first-order valence-corrected chi connectivity index (χ1v) is 9.37. The Morgan fingerprint density at radius 1 is 1.04 bits per heavy atom. The van der Waals surface area contributed by atoms with Gasteiger partial charge in [-0.05, 0) is 45.8 Å². The number of ether oxygens (including phenoxy) is 1. The Morgan fingerprint density at radius 3 is 2.16 bits per heavy atom. The van der Waals surface area contributed by atoms with Gasteiger partial charge in [0.2, 0.25) is 5.95 Å². The molecule has 2 aliphatic heterocycles. The third-order valence-corrected chi connectivity index (χ3v) is 4.38. The van der Waals surface area contributed by atoms with Crippen LogP contribution in [0.4, 0.5) is 17.6 Å². The second kappa shape index (κ2) is 7.70. The first-order valence-electron chi connectivity index (χ1n) is 8.97. The summed E-state index contributed by atoms with van der Waals surface area (Å²) in [7, 11) is 0. The van der Waals surface area contributed by atoms with Gasteiger partial charge in [0.15, 0.2) is 5.11 Å². The Morgan fingerprint density at radius 2 is 1.60 bits per heavy atom. The van der Waals surface area contributed by atoms with Crippen LogP contribution in [0.25, 0.3) is 0 Å². The molecule has 138 valence electrons. The highest BCUT2D eigenvalue weighted by atomic mass is 32.1. The maximum absolute atomic E-state index is 5.46. The van der Waals surface area contributed by atoms with Crippen LogP contribution in [0.2, 0.25) is 0 Å². The lowest BCUT2D eigenvalue weighted by Crippen LogP contribution is -2.43. The molecule has 2 N–H and O–H groups in total. The molecule has 0 saturated carbocycles. The summed E-state index contributed by atoms with van der Waals surface area (Å²) < 4.78 is 5.46. The summed E-state index contributed by atoms with van der Waals surface area (Å²) in [4.78, 5) is 14.0. The molecule has 0 atom stereocenters. The highest BCUT2D eigenvalue weighted by Crippen LogP contribution is 2.24. The highest BCUT2D eigenvalue weighted by molar-refractivity contribution is 7.80. The molecule has 0 radical (unpaired) electrons. The smallest absolute Gasteiger partial charge is 0.232 e. The summed E-state index contributed by atoms with van der Waals surface area (Å²) in [5, 5.41) is 6.94. The Labute approximate surface area is 155 Å². The first kappa shape index (κ1) is 18.1. The van der Waals surface area contributed by atoms with E-state index in [9.17, 15) is 0 Å². The molecule has 1 aromatic heterocycles. The van der Waals surface area contributed by atoms with Crippen LogP contribution >= 0.6 is 12.2 Å². The predicted molar refractivity (Wildman–Crippen MR) is 106 cm³/mol. The van der Waals surface area contributed by atoms with Crippen LogP contribution in [0.3, 0.4) is 0 Å². The summed E-state index contributed by atoms with van der Waals surface area (Å²) in [5.74, 6) is 2.45. The number of nitrogens with zero attached hydrogens (tertiary/aromatic N) is 4. The zero-order chi connectivity index (χ0) is 17.9. The molecule has 3 heterocycles. The van der Waals surface area contributed by atoms with Gasteiger partial charge in [-0.3, -0.25) is 0 Å². The van der Waals surface area contributed by atoms with Crippen LogP contribution in [0.15, 0.2) is 6.07 Å². The lowest BCUT2D eigenvalue weighted by atomic mass is 10.1. The molecule has 1 aromatic rings. The largest absolute Gasteiger partial charge is 0.378 e. The Balaban J connectivity index is 1.82. The van der Waals surface area contributed by atoms with Crippen molar-refractivity contribution in [1.29, 1.82) is 0 Å². The average Bonchev–Trinajstić information content (AvgIpc) is 3.08. The van der Waals surface area contributed by atoms with E-state index < -0.39 is 0 Å². The van der Waals surface area contributed by atoms with Crippen molar-refractivity contribution in [1.82, 2.24) is 15.3 Å². The number of nitrogens with one attached hydrogen (secondary N) is 2. The van der Waals surface area contributed by atoms with Crippen LogP contribution < -0.4 is 20.4 Å². The second-order valence-corrected chi connectivity index (χ2v) is 7.94. The van der Waals surface area contributed by atoms with E-state index in [1.165, 1.54) is 12.8 Å². The molecule has 7 nitrogen and oxygen atoms in total. The minimum Gasteiger partial charge on any atom is -0.378 e. The summed E-state index contributed by atoms with van der Waals surface area (Å²) in [5.41, 5.74) is -0.107. The van der Waals surface area contributed by atoms with Crippen molar-refractivity contribution in [3.05, 3.63) is 6.07 Å². The first-order chi connectivity index (χ1) is 11.9. The third kappa shape index (κ3) is 5.15. The maximum Gasteiger partial charge on any atom is 0.232 e. The molecule has 0 aliphatic carbocycles. The van der Waals surface area contributed by atoms with Crippen molar-refractivity contribution in [2.75, 3.05) is 54.5 Å².